The summed E-state index contributed by atoms with van der Waals surface area (Å²) in [5, 5.41) is 9.23. The molecule has 0 amide bonds. The highest BCUT2D eigenvalue weighted by Gasteiger charge is 2.14. The van der Waals surface area contributed by atoms with Gasteiger partial charge in [0.25, 0.3) is 0 Å². The number of phenolic OH excluding ortho intramolecular Hbond substituents is 1. The van der Waals surface area contributed by atoms with Gasteiger partial charge in [0, 0.05) is 6.04 Å². The average Bonchev–Trinajstić information content (AvgIpc) is 2.03. The molecule has 0 aromatic heterocycles. The van der Waals surface area contributed by atoms with Crippen molar-refractivity contribution in [3.8, 4) is 5.75 Å². The van der Waals surface area contributed by atoms with Crippen molar-refractivity contribution in [3.05, 3.63) is 29.3 Å². The lowest BCUT2D eigenvalue weighted by atomic mass is 9.89. The molecular weight excluding hydrogens is 230 g/mol. The molecule has 0 spiro atoms. The summed E-state index contributed by atoms with van der Waals surface area (Å²) in [5.74, 6) is 0.350. The van der Waals surface area contributed by atoms with E-state index in [1.807, 2.05) is 12.1 Å². The van der Waals surface area contributed by atoms with Crippen LogP contribution in [0.1, 0.15) is 17.5 Å². The van der Waals surface area contributed by atoms with E-state index in [2.05, 4.69) is 0 Å². The largest absolute Gasteiger partial charge is 0.508 e. The minimum absolute atomic E-state index is 0. The first kappa shape index (κ1) is 10.5. The van der Waals surface area contributed by atoms with Gasteiger partial charge < -0.3 is 10.8 Å². The maximum atomic E-state index is 9.23. The molecule has 2 nitrogen and oxygen atoms in total. The standard InChI is InChI=1S/C10H13NO.BrH/c11-9-3-1-7-2-4-10(12)6-8(7)5-9;/h2,4,6,9,12H,1,3,5,11H2;1H. The van der Waals surface area contributed by atoms with Gasteiger partial charge in [-0.15, -0.1) is 17.0 Å². The summed E-state index contributed by atoms with van der Waals surface area (Å²) in [7, 11) is 0. The van der Waals surface area contributed by atoms with Gasteiger partial charge in [0.1, 0.15) is 5.75 Å². The molecule has 0 heterocycles. The van der Waals surface area contributed by atoms with Crippen LogP contribution in [0.25, 0.3) is 0 Å². The summed E-state index contributed by atoms with van der Waals surface area (Å²) < 4.78 is 0. The molecule has 3 heteroatoms. The molecule has 3 N–H and O–H groups in total. The van der Waals surface area contributed by atoms with Crippen LogP contribution in [0.2, 0.25) is 0 Å². The molecule has 1 unspecified atom stereocenters. The molecular formula is C10H14BrNO. The third-order valence-electron chi connectivity index (χ3n) is 2.46. The number of phenols is 1. The van der Waals surface area contributed by atoms with Gasteiger partial charge in [0.15, 0.2) is 0 Å². The molecule has 1 aliphatic rings. The third kappa shape index (κ3) is 2.23. The van der Waals surface area contributed by atoms with Gasteiger partial charge in [-0.25, -0.2) is 0 Å². The SMILES string of the molecule is Br.NC1CCc2ccc(O)cc2C1. The van der Waals surface area contributed by atoms with Crippen molar-refractivity contribution < 1.29 is 5.11 Å². The summed E-state index contributed by atoms with van der Waals surface area (Å²) in [6.45, 7) is 0. The Morgan fingerprint density at radius 1 is 1.31 bits per heavy atom. The summed E-state index contributed by atoms with van der Waals surface area (Å²) in [6, 6.07) is 5.85. The molecule has 1 atom stereocenters. The Labute approximate surface area is 88.5 Å². The van der Waals surface area contributed by atoms with Crippen molar-refractivity contribution >= 4 is 17.0 Å². The number of nitrogens with two attached hydrogens (primary N) is 1. The van der Waals surface area contributed by atoms with Crippen LogP contribution in [0.4, 0.5) is 0 Å². The second-order valence-electron chi connectivity index (χ2n) is 3.46. The maximum absolute atomic E-state index is 9.23. The number of halogens is 1. The highest BCUT2D eigenvalue weighted by atomic mass is 79.9. The highest BCUT2D eigenvalue weighted by Crippen LogP contribution is 2.23. The van der Waals surface area contributed by atoms with Crippen LogP contribution >= 0.6 is 17.0 Å². The van der Waals surface area contributed by atoms with Crippen LogP contribution in [-0.4, -0.2) is 11.1 Å². The molecule has 1 aromatic rings. The molecule has 2 rings (SSSR count). The first-order valence-corrected chi connectivity index (χ1v) is 4.32. The van der Waals surface area contributed by atoms with Crippen molar-refractivity contribution in [1.82, 2.24) is 0 Å². The van der Waals surface area contributed by atoms with Crippen molar-refractivity contribution in [2.75, 3.05) is 0 Å². The number of benzene rings is 1. The molecule has 0 saturated carbocycles. The minimum atomic E-state index is 0. The Bertz CT molecular complexity index is 301. The zero-order valence-corrected chi connectivity index (χ0v) is 9.08. The van der Waals surface area contributed by atoms with Gasteiger partial charge in [0.2, 0.25) is 0 Å². The van der Waals surface area contributed by atoms with E-state index in [1.165, 1.54) is 11.1 Å². The topological polar surface area (TPSA) is 46.2 Å². The molecule has 0 fully saturated rings. The Hall–Kier alpha value is -0.540. The van der Waals surface area contributed by atoms with E-state index in [0.29, 0.717) is 5.75 Å². The first-order valence-electron chi connectivity index (χ1n) is 4.32. The first-order chi connectivity index (χ1) is 5.75. The van der Waals surface area contributed by atoms with Crippen molar-refractivity contribution in [1.29, 1.82) is 0 Å². The predicted octanol–water partition coefficient (Wildman–Crippen LogP) is 1.79. The Balaban J connectivity index is 0.000000845. The fourth-order valence-corrected chi connectivity index (χ4v) is 1.77. The Morgan fingerprint density at radius 2 is 2.08 bits per heavy atom. The zero-order valence-electron chi connectivity index (χ0n) is 7.36. The third-order valence-corrected chi connectivity index (χ3v) is 2.46. The van der Waals surface area contributed by atoms with Gasteiger partial charge in [-0.05, 0) is 42.5 Å². The zero-order chi connectivity index (χ0) is 8.55. The van der Waals surface area contributed by atoms with E-state index in [-0.39, 0.29) is 23.0 Å². The van der Waals surface area contributed by atoms with Crippen molar-refractivity contribution in [3.63, 3.8) is 0 Å². The predicted molar refractivity (Wildman–Crippen MR) is 58.4 cm³/mol. The molecule has 0 bridgehead atoms. The fourth-order valence-electron chi connectivity index (χ4n) is 1.77. The molecule has 0 saturated heterocycles. The molecule has 0 aliphatic heterocycles. The Morgan fingerprint density at radius 3 is 2.85 bits per heavy atom. The van der Waals surface area contributed by atoms with E-state index in [0.717, 1.165) is 19.3 Å². The number of hydrogen-bond donors (Lipinski definition) is 2. The lowest BCUT2D eigenvalue weighted by Crippen LogP contribution is -2.27. The van der Waals surface area contributed by atoms with Crippen LogP contribution in [0.15, 0.2) is 18.2 Å². The lowest BCUT2D eigenvalue weighted by molar-refractivity contribution is 0.472. The molecule has 13 heavy (non-hydrogen) atoms. The average molecular weight is 244 g/mol. The van der Waals surface area contributed by atoms with Crippen LogP contribution in [0.5, 0.6) is 5.75 Å². The highest BCUT2D eigenvalue weighted by molar-refractivity contribution is 8.93. The van der Waals surface area contributed by atoms with E-state index < -0.39 is 0 Å². The summed E-state index contributed by atoms with van der Waals surface area (Å²) in [6.07, 6.45) is 3.03. The van der Waals surface area contributed by atoms with Crippen LogP contribution < -0.4 is 5.73 Å². The summed E-state index contributed by atoms with van der Waals surface area (Å²) >= 11 is 0. The number of rotatable bonds is 0. The monoisotopic (exact) mass is 243 g/mol. The summed E-state index contributed by atoms with van der Waals surface area (Å²) in [4.78, 5) is 0. The maximum Gasteiger partial charge on any atom is 0.115 e. The van der Waals surface area contributed by atoms with Crippen LogP contribution in [0, 0.1) is 0 Å². The molecule has 1 aromatic carbocycles. The van der Waals surface area contributed by atoms with Gasteiger partial charge >= 0.3 is 0 Å². The van der Waals surface area contributed by atoms with Crippen LogP contribution in [0.3, 0.4) is 0 Å². The second kappa shape index (κ2) is 4.11. The number of aryl methyl sites for hydroxylation is 1. The summed E-state index contributed by atoms with van der Waals surface area (Å²) in [5.41, 5.74) is 8.38. The van der Waals surface area contributed by atoms with E-state index in [4.69, 9.17) is 5.73 Å². The van der Waals surface area contributed by atoms with Gasteiger partial charge in [-0.3, -0.25) is 0 Å². The van der Waals surface area contributed by atoms with Crippen molar-refractivity contribution in [2.24, 2.45) is 5.73 Å². The molecule has 1 aliphatic carbocycles. The number of fused-ring (bicyclic) bond motifs is 1. The van der Waals surface area contributed by atoms with E-state index in [9.17, 15) is 5.11 Å². The van der Waals surface area contributed by atoms with Crippen LogP contribution in [-0.2, 0) is 12.8 Å². The fraction of sp³-hybridized carbons (Fsp3) is 0.400. The van der Waals surface area contributed by atoms with Crippen molar-refractivity contribution in [2.45, 2.75) is 25.3 Å². The second-order valence-corrected chi connectivity index (χ2v) is 3.46. The van der Waals surface area contributed by atoms with E-state index >= 15 is 0 Å². The minimum Gasteiger partial charge on any atom is -0.508 e. The van der Waals surface area contributed by atoms with Gasteiger partial charge in [-0.2, -0.15) is 0 Å². The molecule has 0 radical (unpaired) electrons. The quantitative estimate of drug-likeness (QED) is 0.730. The van der Waals surface area contributed by atoms with Gasteiger partial charge in [-0.1, -0.05) is 6.07 Å². The number of hydrogen-bond acceptors (Lipinski definition) is 2. The van der Waals surface area contributed by atoms with E-state index in [1.54, 1.807) is 6.07 Å². The smallest absolute Gasteiger partial charge is 0.115 e. The molecule has 72 valence electrons. The normalized spacial score (nSPS) is 20.2. The van der Waals surface area contributed by atoms with Gasteiger partial charge in [0.05, 0.1) is 0 Å². The lowest BCUT2D eigenvalue weighted by Gasteiger charge is -2.21. The Kier molecular flexibility index (Phi) is 3.33. The number of aromatic hydroxyl groups is 1.